The normalized spacial score (nSPS) is 10.4. The number of aryl methyl sites for hydroxylation is 1. The first kappa shape index (κ1) is 16.7. The number of benzene rings is 1. The zero-order valence-electron chi connectivity index (χ0n) is 13.4. The molecule has 0 saturated heterocycles. The third-order valence-corrected chi connectivity index (χ3v) is 3.47. The van der Waals surface area contributed by atoms with Gasteiger partial charge in [0.15, 0.2) is 5.78 Å². The van der Waals surface area contributed by atoms with E-state index in [1.165, 1.54) is 6.92 Å². The van der Waals surface area contributed by atoms with Crippen molar-refractivity contribution in [3.8, 4) is 5.75 Å². The highest BCUT2D eigenvalue weighted by atomic mass is 16.5. The van der Waals surface area contributed by atoms with Crippen molar-refractivity contribution in [1.29, 1.82) is 0 Å². The number of esters is 1. The summed E-state index contributed by atoms with van der Waals surface area (Å²) in [5, 5.41) is 10.2. The topological polar surface area (TPSA) is 76.5 Å². The molecule has 0 aliphatic carbocycles. The van der Waals surface area contributed by atoms with Gasteiger partial charge in [-0.1, -0.05) is 30.3 Å². The summed E-state index contributed by atoms with van der Waals surface area (Å²) in [6, 6.07) is 9.49. The standard InChI is InChI=1S/C18H19NO4/c1-4-23-18(22)16-14(10-13-8-6-5-7-9-13)19-11(2)17(21)15(16)12(3)20/h5-9,21H,4,10H2,1-3H3. The minimum absolute atomic E-state index is 0.0260. The van der Waals surface area contributed by atoms with Crippen LogP contribution in [0.2, 0.25) is 0 Å². The molecular weight excluding hydrogens is 294 g/mol. The van der Waals surface area contributed by atoms with Crippen LogP contribution in [-0.2, 0) is 11.2 Å². The number of hydrogen-bond donors (Lipinski definition) is 1. The average molecular weight is 313 g/mol. The fourth-order valence-electron chi connectivity index (χ4n) is 2.44. The molecule has 0 aliphatic heterocycles. The molecular formula is C18H19NO4. The van der Waals surface area contributed by atoms with Gasteiger partial charge in [-0.3, -0.25) is 9.78 Å². The number of carbonyl (C=O) groups is 2. The van der Waals surface area contributed by atoms with Gasteiger partial charge in [-0.15, -0.1) is 0 Å². The molecule has 0 fully saturated rings. The maximum atomic E-state index is 12.3. The predicted molar refractivity (Wildman–Crippen MR) is 85.8 cm³/mol. The van der Waals surface area contributed by atoms with Gasteiger partial charge >= 0.3 is 5.97 Å². The summed E-state index contributed by atoms with van der Waals surface area (Å²) in [7, 11) is 0. The van der Waals surface area contributed by atoms with Gasteiger partial charge in [0.1, 0.15) is 5.75 Å². The Bertz CT molecular complexity index is 738. The summed E-state index contributed by atoms with van der Waals surface area (Å²) in [6.45, 7) is 4.77. The molecule has 0 spiro atoms. The van der Waals surface area contributed by atoms with Crippen molar-refractivity contribution < 1.29 is 19.4 Å². The Morgan fingerprint density at radius 1 is 1.17 bits per heavy atom. The summed E-state index contributed by atoms with van der Waals surface area (Å²) >= 11 is 0. The Balaban J connectivity index is 2.64. The molecule has 1 aromatic carbocycles. The number of pyridine rings is 1. The minimum Gasteiger partial charge on any atom is -0.505 e. The molecule has 0 radical (unpaired) electrons. The van der Waals surface area contributed by atoms with Crippen LogP contribution in [0.1, 0.15) is 51.5 Å². The lowest BCUT2D eigenvalue weighted by molar-refractivity contribution is 0.0520. The van der Waals surface area contributed by atoms with Crippen molar-refractivity contribution in [3.63, 3.8) is 0 Å². The van der Waals surface area contributed by atoms with Gasteiger partial charge in [0.05, 0.1) is 29.1 Å². The van der Waals surface area contributed by atoms with E-state index >= 15 is 0 Å². The Hall–Kier alpha value is -2.69. The molecule has 5 heteroatoms. The molecule has 1 N–H and O–H groups in total. The van der Waals surface area contributed by atoms with Gasteiger partial charge in [0.2, 0.25) is 0 Å². The lowest BCUT2D eigenvalue weighted by atomic mass is 9.97. The van der Waals surface area contributed by atoms with Crippen LogP contribution >= 0.6 is 0 Å². The van der Waals surface area contributed by atoms with E-state index in [0.717, 1.165) is 5.56 Å². The number of aromatic hydroxyl groups is 1. The van der Waals surface area contributed by atoms with Crippen molar-refractivity contribution in [1.82, 2.24) is 4.98 Å². The second kappa shape index (κ2) is 7.05. The smallest absolute Gasteiger partial charge is 0.340 e. The fraction of sp³-hybridized carbons (Fsp3) is 0.278. The molecule has 0 amide bonds. The van der Waals surface area contributed by atoms with E-state index < -0.39 is 11.8 Å². The van der Waals surface area contributed by atoms with Crippen LogP contribution in [-0.4, -0.2) is 28.4 Å². The first-order chi connectivity index (χ1) is 11.0. The second-order valence-electron chi connectivity index (χ2n) is 5.18. The van der Waals surface area contributed by atoms with Gasteiger partial charge in [0, 0.05) is 6.42 Å². The molecule has 2 rings (SSSR count). The van der Waals surface area contributed by atoms with E-state index in [0.29, 0.717) is 17.8 Å². The summed E-state index contributed by atoms with van der Waals surface area (Å²) in [6.07, 6.45) is 0.371. The predicted octanol–water partition coefficient (Wildman–Crippen LogP) is 3.07. The zero-order chi connectivity index (χ0) is 17.0. The molecule has 0 saturated carbocycles. The van der Waals surface area contributed by atoms with E-state index in [-0.39, 0.29) is 23.5 Å². The first-order valence-corrected chi connectivity index (χ1v) is 7.40. The second-order valence-corrected chi connectivity index (χ2v) is 5.18. The first-order valence-electron chi connectivity index (χ1n) is 7.40. The molecule has 0 atom stereocenters. The molecule has 1 heterocycles. The van der Waals surface area contributed by atoms with E-state index in [4.69, 9.17) is 4.74 Å². The van der Waals surface area contributed by atoms with Crippen molar-refractivity contribution in [3.05, 3.63) is 58.4 Å². The molecule has 2 aromatic rings. The van der Waals surface area contributed by atoms with Gasteiger partial charge < -0.3 is 9.84 Å². The number of ether oxygens (including phenoxy) is 1. The van der Waals surface area contributed by atoms with Gasteiger partial charge in [-0.25, -0.2) is 4.79 Å². The van der Waals surface area contributed by atoms with Gasteiger partial charge in [-0.05, 0) is 26.3 Å². The van der Waals surface area contributed by atoms with Crippen LogP contribution in [0, 0.1) is 6.92 Å². The molecule has 0 aliphatic rings. The fourth-order valence-corrected chi connectivity index (χ4v) is 2.44. The Labute approximate surface area is 134 Å². The van der Waals surface area contributed by atoms with Crippen LogP contribution < -0.4 is 0 Å². The highest BCUT2D eigenvalue weighted by Crippen LogP contribution is 2.29. The van der Waals surface area contributed by atoms with Crippen molar-refractivity contribution in [2.45, 2.75) is 27.2 Å². The average Bonchev–Trinajstić information content (AvgIpc) is 2.51. The lowest BCUT2D eigenvalue weighted by Crippen LogP contribution is -2.17. The molecule has 0 unspecified atom stereocenters. The summed E-state index contributed by atoms with van der Waals surface area (Å²) in [5.74, 6) is -1.31. The summed E-state index contributed by atoms with van der Waals surface area (Å²) in [4.78, 5) is 28.6. The Morgan fingerprint density at radius 2 is 1.83 bits per heavy atom. The van der Waals surface area contributed by atoms with E-state index in [1.54, 1.807) is 13.8 Å². The van der Waals surface area contributed by atoms with E-state index in [2.05, 4.69) is 4.98 Å². The number of carbonyl (C=O) groups excluding carboxylic acids is 2. The number of nitrogens with zero attached hydrogens (tertiary/aromatic N) is 1. The largest absolute Gasteiger partial charge is 0.505 e. The van der Waals surface area contributed by atoms with Gasteiger partial charge in [0.25, 0.3) is 0 Å². The molecule has 5 nitrogen and oxygen atoms in total. The Morgan fingerprint density at radius 3 is 2.39 bits per heavy atom. The molecule has 23 heavy (non-hydrogen) atoms. The SMILES string of the molecule is CCOC(=O)c1c(Cc2ccccc2)nc(C)c(O)c1C(C)=O. The van der Waals surface area contributed by atoms with Crippen LogP contribution in [0.15, 0.2) is 30.3 Å². The van der Waals surface area contributed by atoms with Crippen molar-refractivity contribution in [2.75, 3.05) is 6.61 Å². The molecule has 0 bridgehead atoms. The van der Waals surface area contributed by atoms with E-state index in [1.807, 2.05) is 30.3 Å². The van der Waals surface area contributed by atoms with E-state index in [9.17, 15) is 14.7 Å². The third-order valence-electron chi connectivity index (χ3n) is 3.47. The molecule has 1 aromatic heterocycles. The number of aromatic nitrogens is 1. The highest BCUT2D eigenvalue weighted by molar-refractivity contribution is 6.08. The number of hydrogen-bond acceptors (Lipinski definition) is 5. The minimum atomic E-state index is -0.647. The summed E-state index contributed by atoms with van der Waals surface area (Å²) in [5.41, 5.74) is 1.71. The summed E-state index contributed by atoms with van der Waals surface area (Å²) < 4.78 is 5.05. The lowest BCUT2D eigenvalue weighted by Gasteiger charge is -2.15. The quantitative estimate of drug-likeness (QED) is 0.678. The highest BCUT2D eigenvalue weighted by Gasteiger charge is 2.26. The van der Waals surface area contributed by atoms with Gasteiger partial charge in [-0.2, -0.15) is 0 Å². The van der Waals surface area contributed by atoms with Crippen LogP contribution in [0.3, 0.4) is 0 Å². The zero-order valence-corrected chi connectivity index (χ0v) is 13.4. The maximum Gasteiger partial charge on any atom is 0.340 e. The monoisotopic (exact) mass is 313 g/mol. The number of ketones is 1. The van der Waals surface area contributed by atoms with Crippen LogP contribution in [0.4, 0.5) is 0 Å². The third kappa shape index (κ3) is 3.56. The number of rotatable bonds is 5. The van der Waals surface area contributed by atoms with Crippen molar-refractivity contribution >= 4 is 11.8 Å². The number of Topliss-reactive ketones (excluding diaryl/α,β-unsaturated/α-hetero) is 1. The maximum absolute atomic E-state index is 12.3. The van der Waals surface area contributed by atoms with Crippen LogP contribution in [0.5, 0.6) is 5.75 Å². The van der Waals surface area contributed by atoms with Crippen molar-refractivity contribution in [2.24, 2.45) is 0 Å². The van der Waals surface area contributed by atoms with Crippen LogP contribution in [0.25, 0.3) is 0 Å². The Kier molecular flexibility index (Phi) is 5.11. The molecule has 120 valence electrons.